The van der Waals surface area contributed by atoms with E-state index in [1.54, 1.807) is 0 Å². The van der Waals surface area contributed by atoms with E-state index in [1.807, 2.05) is 7.05 Å². The van der Waals surface area contributed by atoms with Crippen LogP contribution in [0.2, 0.25) is 0 Å². The molecule has 1 aliphatic rings. The molecule has 1 aliphatic heterocycles. The number of hydrogen-bond acceptors (Lipinski definition) is 2. The lowest BCUT2D eigenvalue weighted by Gasteiger charge is -2.34. The van der Waals surface area contributed by atoms with Crippen molar-refractivity contribution in [2.24, 2.45) is 4.99 Å². The van der Waals surface area contributed by atoms with Crippen LogP contribution in [-0.2, 0) is 13.0 Å². The summed E-state index contributed by atoms with van der Waals surface area (Å²) in [7, 11) is 1.83. The Morgan fingerprint density at radius 3 is 2.68 bits per heavy atom. The van der Waals surface area contributed by atoms with Crippen LogP contribution in [0.5, 0.6) is 0 Å². The molecule has 4 nitrogen and oxygen atoms in total. The molecule has 2 unspecified atom stereocenters. The van der Waals surface area contributed by atoms with Crippen LogP contribution in [0, 0.1) is 0 Å². The average molecular weight is 302 g/mol. The van der Waals surface area contributed by atoms with Crippen molar-refractivity contribution in [1.29, 1.82) is 0 Å². The van der Waals surface area contributed by atoms with Crippen LogP contribution < -0.4 is 10.6 Å². The molecule has 122 valence electrons. The normalized spacial score (nSPS) is 18.5. The van der Waals surface area contributed by atoms with Crippen molar-refractivity contribution in [3.8, 4) is 0 Å². The number of guanidine groups is 1. The SMILES string of the molecule is CCC(C)NC(=NC)NCC(C)N1CCc2ccccc2C1. The summed E-state index contributed by atoms with van der Waals surface area (Å²) in [5.74, 6) is 0.901. The van der Waals surface area contributed by atoms with Crippen molar-refractivity contribution < 1.29 is 0 Å². The number of hydrogen-bond donors (Lipinski definition) is 2. The van der Waals surface area contributed by atoms with Gasteiger partial charge in [0.05, 0.1) is 0 Å². The molecular formula is C18H30N4. The molecule has 1 heterocycles. The van der Waals surface area contributed by atoms with Crippen LogP contribution in [0.4, 0.5) is 0 Å². The molecule has 2 atom stereocenters. The van der Waals surface area contributed by atoms with Gasteiger partial charge in [0, 0.05) is 38.8 Å². The maximum absolute atomic E-state index is 4.30. The minimum Gasteiger partial charge on any atom is -0.355 e. The van der Waals surface area contributed by atoms with E-state index in [1.165, 1.54) is 11.1 Å². The monoisotopic (exact) mass is 302 g/mol. The summed E-state index contributed by atoms with van der Waals surface area (Å²) in [5, 5.41) is 6.86. The zero-order valence-electron chi connectivity index (χ0n) is 14.4. The van der Waals surface area contributed by atoms with Gasteiger partial charge in [-0.2, -0.15) is 0 Å². The Kier molecular flexibility index (Phi) is 6.25. The average Bonchev–Trinajstić information content (AvgIpc) is 2.57. The molecule has 0 radical (unpaired) electrons. The van der Waals surface area contributed by atoms with Crippen LogP contribution in [0.25, 0.3) is 0 Å². The Morgan fingerprint density at radius 2 is 2.00 bits per heavy atom. The minimum absolute atomic E-state index is 0.448. The highest BCUT2D eigenvalue weighted by Gasteiger charge is 2.20. The van der Waals surface area contributed by atoms with E-state index in [4.69, 9.17) is 0 Å². The lowest BCUT2D eigenvalue weighted by molar-refractivity contribution is 0.191. The summed E-state index contributed by atoms with van der Waals surface area (Å²) >= 11 is 0. The smallest absolute Gasteiger partial charge is 0.191 e. The molecular weight excluding hydrogens is 272 g/mol. The fourth-order valence-corrected chi connectivity index (χ4v) is 2.80. The Hall–Kier alpha value is -1.55. The molecule has 4 heteroatoms. The predicted molar refractivity (Wildman–Crippen MR) is 94.3 cm³/mol. The van der Waals surface area contributed by atoms with E-state index in [0.29, 0.717) is 12.1 Å². The summed E-state index contributed by atoms with van der Waals surface area (Å²) in [6.45, 7) is 9.75. The molecule has 1 aromatic carbocycles. The third-order valence-corrected chi connectivity index (χ3v) is 4.57. The van der Waals surface area contributed by atoms with Gasteiger partial charge in [-0.05, 0) is 37.8 Å². The summed E-state index contributed by atoms with van der Waals surface area (Å²) < 4.78 is 0. The number of rotatable bonds is 5. The Labute approximate surface area is 135 Å². The number of nitrogens with one attached hydrogen (secondary N) is 2. The van der Waals surface area contributed by atoms with Gasteiger partial charge in [0.15, 0.2) is 5.96 Å². The van der Waals surface area contributed by atoms with Crippen LogP contribution in [0.15, 0.2) is 29.3 Å². The van der Waals surface area contributed by atoms with Gasteiger partial charge < -0.3 is 10.6 Å². The maximum Gasteiger partial charge on any atom is 0.191 e. The molecule has 1 aromatic rings. The molecule has 2 rings (SSSR count). The fraction of sp³-hybridized carbons (Fsp3) is 0.611. The highest BCUT2D eigenvalue weighted by Crippen LogP contribution is 2.19. The first kappa shape index (κ1) is 16.8. The summed E-state index contributed by atoms with van der Waals surface area (Å²) in [5.41, 5.74) is 2.98. The Balaban J connectivity index is 1.84. The van der Waals surface area contributed by atoms with Crippen molar-refractivity contribution in [1.82, 2.24) is 15.5 Å². The Morgan fingerprint density at radius 1 is 1.27 bits per heavy atom. The second kappa shape index (κ2) is 8.18. The maximum atomic E-state index is 4.30. The van der Waals surface area contributed by atoms with Gasteiger partial charge in [-0.25, -0.2) is 0 Å². The van der Waals surface area contributed by atoms with Crippen molar-refractivity contribution in [3.05, 3.63) is 35.4 Å². The van der Waals surface area contributed by atoms with E-state index in [9.17, 15) is 0 Å². The van der Waals surface area contributed by atoms with Gasteiger partial charge in [-0.15, -0.1) is 0 Å². The zero-order valence-corrected chi connectivity index (χ0v) is 14.4. The van der Waals surface area contributed by atoms with Gasteiger partial charge in [0.2, 0.25) is 0 Å². The molecule has 0 saturated heterocycles. The van der Waals surface area contributed by atoms with Gasteiger partial charge in [0.25, 0.3) is 0 Å². The largest absolute Gasteiger partial charge is 0.355 e. The summed E-state index contributed by atoms with van der Waals surface area (Å²) in [6.07, 6.45) is 2.25. The molecule has 0 spiro atoms. The second-order valence-corrected chi connectivity index (χ2v) is 6.24. The molecule has 0 amide bonds. The van der Waals surface area contributed by atoms with Gasteiger partial charge in [0.1, 0.15) is 0 Å². The Bertz CT molecular complexity index is 498. The van der Waals surface area contributed by atoms with Gasteiger partial charge >= 0.3 is 0 Å². The first-order valence-corrected chi connectivity index (χ1v) is 8.42. The predicted octanol–water partition coefficient (Wildman–Crippen LogP) is 2.40. The molecule has 2 N–H and O–H groups in total. The van der Waals surface area contributed by atoms with Gasteiger partial charge in [-0.1, -0.05) is 31.2 Å². The highest BCUT2D eigenvalue weighted by molar-refractivity contribution is 5.79. The first-order chi connectivity index (χ1) is 10.6. The molecule has 0 aromatic heterocycles. The van der Waals surface area contributed by atoms with E-state index in [2.05, 4.69) is 65.6 Å². The van der Waals surface area contributed by atoms with E-state index >= 15 is 0 Å². The lowest BCUT2D eigenvalue weighted by atomic mass is 9.99. The van der Waals surface area contributed by atoms with Crippen molar-refractivity contribution in [3.63, 3.8) is 0 Å². The zero-order chi connectivity index (χ0) is 15.9. The van der Waals surface area contributed by atoms with E-state index in [-0.39, 0.29) is 0 Å². The highest BCUT2D eigenvalue weighted by atomic mass is 15.2. The molecule has 0 saturated carbocycles. The standard InChI is InChI=1S/C18H30N4/c1-5-14(2)21-18(19-4)20-12-15(3)22-11-10-16-8-6-7-9-17(16)13-22/h6-9,14-15H,5,10-13H2,1-4H3,(H2,19,20,21). The topological polar surface area (TPSA) is 39.7 Å². The third-order valence-electron chi connectivity index (χ3n) is 4.57. The summed E-state index contributed by atoms with van der Waals surface area (Å²) in [6, 6.07) is 9.73. The third kappa shape index (κ3) is 4.47. The van der Waals surface area contributed by atoms with Crippen molar-refractivity contribution in [2.75, 3.05) is 20.1 Å². The summed E-state index contributed by atoms with van der Waals surface area (Å²) in [4.78, 5) is 6.85. The van der Waals surface area contributed by atoms with Crippen LogP contribution in [-0.4, -0.2) is 43.1 Å². The van der Waals surface area contributed by atoms with Crippen LogP contribution in [0.3, 0.4) is 0 Å². The first-order valence-electron chi connectivity index (χ1n) is 8.42. The van der Waals surface area contributed by atoms with Crippen LogP contribution in [0.1, 0.15) is 38.3 Å². The molecule has 0 fully saturated rings. The van der Waals surface area contributed by atoms with E-state index < -0.39 is 0 Å². The molecule has 22 heavy (non-hydrogen) atoms. The van der Waals surface area contributed by atoms with Gasteiger partial charge in [-0.3, -0.25) is 9.89 Å². The number of benzene rings is 1. The van der Waals surface area contributed by atoms with Crippen molar-refractivity contribution >= 4 is 5.96 Å². The van der Waals surface area contributed by atoms with E-state index in [0.717, 1.165) is 38.4 Å². The molecule has 0 bridgehead atoms. The van der Waals surface area contributed by atoms with Crippen molar-refractivity contribution in [2.45, 2.75) is 52.2 Å². The number of aliphatic imine (C=N–C) groups is 1. The minimum atomic E-state index is 0.448. The second-order valence-electron chi connectivity index (χ2n) is 6.24. The number of fused-ring (bicyclic) bond motifs is 1. The number of nitrogens with zero attached hydrogens (tertiary/aromatic N) is 2. The fourth-order valence-electron chi connectivity index (χ4n) is 2.80. The molecule has 0 aliphatic carbocycles. The quantitative estimate of drug-likeness (QED) is 0.648. The lowest BCUT2D eigenvalue weighted by Crippen LogP contribution is -2.48. The van der Waals surface area contributed by atoms with Crippen LogP contribution >= 0.6 is 0 Å².